The van der Waals surface area contributed by atoms with Crippen LogP contribution in [-0.4, -0.2) is 65.0 Å². The van der Waals surface area contributed by atoms with Crippen molar-refractivity contribution in [3.05, 3.63) is 69.8 Å². The molecule has 1 saturated heterocycles. The number of hydrogen-bond donors (Lipinski definition) is 1. The zero-order valence-electron chi connectivity index (χ0n) is 17.3. The first kappa shape index (κ1) is 22.2. The zero-order chi connectivity index (χ0) is 22.4. The van der Waals surface area contributed by atoms with Gasteiger partial charge in [0.2, 0.25) is 0 Å². The Hall–Kier alpha value is -3.46. The van der Waals surface area contributed by atoms with Gasteiger partial charge in [-0.15, -0.1) is 0 Å². The maximum absolute atomic E-state index is 12.9. The highest BCUT2D eigenvalue weighted by Crippen LogP contribution is 2.29. The number of ether oxygens (including phenoxy) is 1. The van der Waals surface area contributed by atoms with Gasteiger partial charge in [0.15, 0.2) is 5.75 Å². The highest BCUT2D eigenvalue weighted by molar-refractivity contribution is 5.95. The van der Waals surface area contributed by atoms with Crippen molar-refractivity contribution in [2.75, 3.05) is 33.3 Å². The van der Waals surface area contributed by atoms with Gasteiger partial charge in [0, 0.05) is 50.3 Å². The molecule has 0 aromatic heterocycles. The number of benzene rings is 2. The summed E-state index contributed by atoms with van der Waals surface area (Å²) >= 11 is 0. The molecule has 2 aromatic rings. The Balaban J connectivity index is 1.70. The summed E-state index contributed by atoms with van der Waals surface area (Å²) in [5.74, 6) is -1.00. The molecule has 9 nitrogen and oxygen atoms in total. The van der Waals surface area contributed by atoms with Crippen molar-refractivity contribution in [2.24, 2.45) is 0 Å². The fraction of sp³-hybridized carbons (Fsp3) is 0.364. The number of nitro benzene ring substituents is 1. The average Bonchev–Trinajstić information content (AvgIpc) is 2.79. The van der Waals surface area contributed by atoms with Crippen molar-refractivity contribution in [1.29, 1.82) is 0 Å². The van der Waals surface area contributed by atoms with E-state index in [0.717, 1.165) is 5.56 Å². The summed E-state index contributed by atoms with van der Waals surface area (Å²) in [7, 11) is 1.34. The van der Waals surface area contributed by atoms with E-state index in [9.17, 15) is 19.7 Å². The number of carbonyl (C=O) groups excluding carboxylic acids is 1. The lowest BCUT2D eigenvalue weighted by atomic mass is 9.99. The molecule has 0 bridgehead atoms. The molecule has 0 aliphatic carbocycles. The van der Waals surface area contributed by atoms with Gasteiger partial charge in [0.05, 0.1) is 12.0 Å². The highest BCUT2D eigenvalue weighted by Gasteiger charge is 2.29. The van der Waals surface area contributed by atoms with E-state index in [-0.39, 0.29) is 35.4 Å². The predicted molar refractivity (Wildman–Crippen MR) is 113 cm³/mol. The van der Waals surface area contributed by atoms with E-state index in [0.29, 0.717) is 32.6 Å². The molecule has 1 atom stereocenters. The summed E-state index contributed by atoms with van der Waals surface area (Å²) in [5.41, 5.74) is 1.05. The molecule has 0 spiro atoms. The Kier molecular flexibility index (Phi) is 7.19. The molecule has 1 aliphatic heterocycles. The third kappa shape index (κ3) is 5.37. The topological polar surface area (TPSA) is 113 Å². The molecule has 0 saturated carbocycles. The van der Waals surface area contributed by atoms with Gasteiger partial charge >= 0.3 is 11.7 Å². The molecule has 1 N–H and O–H groups in total. The van der Waals surface area contributed by atoms with E-state index in [1.165, 1.54) is 25.3 Å². The molecule has 1 heterocycles. The lowest BCUT2D eigenvalue weighted by molar-refractivity contribution is -0.385. The zero-order valence-corrected chi connectivity index (χ0v) is 17.3. The van der Waals surface area contributed by atoms with E-state index >= 15 is 0 Å². The summed E-state index contributed by atoms with van der Waals surface area (Å²) in [6.07, 6.45) is 0.548. The molecule has 2 aromatic carbocycles. The summed E-state index contributed by atoms with van der Waals surface area (Å²) < 4.78 is 4.99. The second kappa shape index (κ2) is 10.0. The number of amides is 1. The Bertz CT molecular complexity index is 942. The van der Waals surface area contributed by atoms with E-state index in [2.05, 4.69) is 4.90 Å². The number of carbonyl (C=O) groups is 2. The molecule has 31 heavy (non-hydrogen) atoms. The van der Waals surface area contributed by atoms with Crippen molar-refractivity contribution >= 4 is 17.6 Å². The highest BCUT2D eigenvalue weighted by atomic mass is 16.6. The van der Waals surface area contributed by atoms with E-state index in [1.54, 1.807) is 4.90 Å². The maximum atomic E-state index is 12.9. The van der Waals surface area contributed by atoms with Crippen LogP contribution in [0.1, 0.15) is 34.8 Å². The number of carboxylic acids is 1. The monoisotopic (exact) mass is 427 g/mol. The molecule has 3 rings (SSSR count). The van der Waals surface area contributed by atoms with Gasteiger partial charge in [-0.3, -0.25) is 24.6 Å². The summed E-state index contributed by atoms with van der Waals surface area (Å²) in [6, 6.07) is 13.9. The normalized spacial score (nSPS) is 15.3. The van der Waals surface area contributed by atoms with Crippen molar-refractivity contribution in [1.82, 2.24) is 9.80 Å². The van der Waals surface area contributed by atoms with Crippen LogP contribution in [0.3, 0.4) is 0 Å². The number of piperazine rings is 1. The second-order valence-electron chi connectivity index (χ2n) is 7.33. The van der Waals surface area contributed by atoms with Crippen LogP contribution in [-0.2, 0) is 4.79 Å². The average molecular weight is 427 g/mol. The summed E-state index contributed by atoms with van der Waals surface area (Å²) in [6.45, 7) is 2.08. The predicted octanol–water partition coefficient (Wildman–Crippen LogP) is 2.97. The van der Waals surface area contributed by atoms with E-state index in [1.807, 2.05) is 30.3 Å². The molecule has 1 amide bonds. The van der Waals surface area contributed by atoms with Gasteiger partial charge < -0.3 is 14.7 Å². The van der Waals surface area contributed by atoms with Crippen LogP contribution in [0, 0.1) is 10.1 Å². The maximum Gasteiger partial charge on any atom is 0.311 e. The minimum Gasteiger partial charge on any atom is -0.490 e. The van der Waals surface area contributed by atoms with Crippen LogP contribution < -0.4 is 4.74 Å². The van der Waals surface area contributed by atoms with Crippen LogP contribution >= 0.6 is 0 Å². The quantitative estimate of drug-likeness (QED) is 0.509. The lowest BCUT2D eigenvalue weighted by Gasteiger charge is -2.39. The molecule has 1 fully saturated rings. The van der Waals surface area contributed by atoms with Crippen molar-refractivity contribution in [2.45, 2.75) is 18.9 Å². The van der Waals surface area contributed by atoms with Crippen LogP contribution in [0.5, 0.6) is 5.75 Å². The molecule has 1 aliphatic rings. The Labute approximate surface area is 180 Å². The van der Waals surface area contributed by atoms with Gasteiger partial charge in [0.1, 0.15) is 0 Å². The van der Waals surface area contributed by atoms with Gasteiger partial charge in [-0.1, -0.05) is 30.3 Å². The minimum atomic E-state index is -0.837. The number of methoxy groups -OCH3 is 1. The largest absolute Gasteiger partial charge is 0.490 e. The van der Waals surface area contributed by atoms with Crippen LogP contribution in [0.15, 0.2) is 48.5 Å². The molecular formula is C22H25N3O6. The third-order valence-electron chi connectivity index (χ3n) is 5.48. The summed E-state index contributed by atoms with van der Waals surface area (Å²) in [4.78, 5) is 38.5. The molecule has 164 valence electrons. The Morgan fingerprint density at radius 3 is 2.39 bits per heavy atom. The van der Waals surface area contributed by atoms with Gasteiger partial charge in [-0.25, -0.2) is 0 Å². The number of rotatable bonds is 8. The number of hydrogen-bond acceptors (Lipinski definition) is 6. The molecule has 0 unspecified atom stereocenters. The fourth-order valence-corrected chi connectivity index (χ4v) is 3.88. The van der Waals surface area contributed by atoms with Crippen molar-refractivity contribution < 1.29 is 24.4 Å². The first-order chi connectivity index (χ1) is 14.9. The standard InChI is InChI=1S/C22H25N3O6/c1-31-20-9-7-17(15-19(20)25(29)30)22(28)24-13-11-23(12-14-24)18(8-10-21(26)27)16-5-3-2-4-6-16/h2-7,9,15,18H,8,10-14H2,1H3,(H,26,27)/t18-/m0/s1. The van der Waals surface area contributed by atoms with Crippen LogP contribution in [0.25, 0.3) is 0 Å². The minimum absolute atomic E-state index is 0.0448. The Morgan fingerprint density at radius 1 is 1.13 bits per heavy atom. The van der Waals surface area contributed by atoms with Gasteiger partial charge in [-0.2, -0.15) is 0 Å². The third-order valence-corrected chi connectivity index (χ3v) is 5.48. The van der Waals surface area contributed by atoms with Crippen molar-refractivity contribution in [3.8, 4) is 5.75 Å². The van der Waals surface area contributed by atoms with Crippen molar-refractivity contribution in [3.63, 3.8) is 0 Å². The number of aliphatic carboxylic acids is 1. The summed E-state index contributed by atoms with van der Waals surface area (Å²) in [5, 5.41) is 20.4. The molecule has 9 heteroatoms. The first-order valence-electron chi connectivity index (χ1n) is 10.0. The second-order valence-corrected chi connectivity index (χ2v) is 7.33. The number of nitro groups is 1. The molecular weight excluding hydrogens is 402 g/mol. The molecule has 0 radical (unpaired) electrons. The van der Waals surface area contributed by atoms with Crippen LogP contribution in [0.2, 0.25) is 0 Å². The van der Waals surface area contributed by atoms with E-state index < -0.39 is 10.9 Å². The Morgan fingerprint density at radius 2 is 1.81 bits per heavy atom. The van der Waals surface area contributed by atoms with Crippen LogP contribution in [0.4, 0.5) is 5.69 Å². The SMILES string of the molecule is COc1ccc(C(=O)N2CCN([C@@H](CCC(=O)O)c3ccccc3)CC2)cc1[N+](=O)[O-]. The first-order valence-corrected chi connectivity index (χ1v) is 10.0. The lowest BCUT2D eigenvalue weighted by Crippen LogP contribution is -2.49. The number of carboxylic acid groups (broad SMARTS) is 1. The fourth-order valence-electron chi connectivity index (χ4n) is 3.88. The van der Waals surface area contributed by atoms with Gasteiger partial charge in [0.25, 0.3) is 5.91 Å². The smallest absolute Gasteiger partial charge is 0.311 e. The number of nitrogens with zero attached hydrogens (tertiary/aromatic N) is 3. The van der Waals surface area contributed by atoms with Gasteiger partial charge in [-0.05, 0) is 24.1 Å². The van der Waals surface area contributed by atoms with E-state index in [4.69, 9.17) is 9.84 Å².